The molecule has 1 aromatic carbocycles. The van der Waals surface area contributed by atoms with Crippen LogP contribution in [0.1, 0.15) is 22.5 Å². The minimum atomic E-state index is 0.756. The van der Waals surface area contributed by atoms with E-state index in [1.54, 1.807) is 0 Å². The number of aromatic nitrogens is 1. The molecule has 0 unspecified atom stereocenters. The first kappa shape index (κ1) is 12.9. The summed E-state index contributed by atoms with van der Waals surface area (Å²) in [6, 6.07) is 10.2. The summed E-state index contributed by atoms with van der Waals surface area (Å²) in [7, 11) is 0. The Labute approximate surface area is 113 Å². The van der Waals surface area contributed by atoms with E-state index in [1.165, 1.54) is 5.56 Å². The lowest BCUT2D eigenvalue weighted by Crippen LogP contribution is -2.02. The number of pyridine rings is 1. The van der Waals surface area contributed by atoms with Gasteiger partial charge in [-0.1, -0.05) is 23.7 Å². The fourth-order valence-corrected chi connectivity index (χ4v) is 2.02. The Morgan fingerprint density at radius 2 is 1.89 bits per heavy atom. The van der Waals surface area contributed by atoms with E-state index in [1.807, 2.05) is 39.0 Å². The van der Waals surface area contributed by atoms with E-state index in [2.05, 4.69) is 22.4 Å². The first-order chi connectivity index (χ1) is 8.56. The number of benzene rings is 1. The van der Waals surface area contributed by atoms with Crippen molar-refractivity contribution in [3.63, 3.8) is 0 Å². The van der Waals surface area contributed by atoms with Crippen molar-refractivity contribution < 1.29 is 0 Å². The molecule has 3 heteroatoms. The summed E-state index contributed by atoms with van der Waals surface area (Å²) in [5.74, 6) is 0. The summed E-state index contributed by atoms with van der Waals surface area (Å²) < 4.78 is 0. The number of nitrogens with one attached hydrogen (secondary N) is 1. The second-order valence-corrected chi connectivity index (χ2v) is 4.93. The summed E-state index contributed by atoms with van der Waals surface area (Å²) in [5, 5.41) is 4.19. The maximum absolute atomic E-state index is 6.11. The summed E-state index contributed by atoms with van der Waals surface area (Å²) in [5.41, 5.74) is 5.40. The summed E-state index contributed by atoms with van der Waals surface area (Å²) in [6.07, 6.45) is 0. The van der Waals surface area contributed by atoms with E-state index in [9.17, 15) is 0 Å². The van der Waals surface area contributed by atoms with Crippen LogP contribution in [0.5, 0.6) is 0 Å². The zero-order valence-corrected chi connectivity index (χ0v) is 11.7. The van der Waals surface area contributed by atoms with Gasteiger partial charge in [-0.2, -0.15) is 0 Å². The number of hydrogen-bond acceptors (Lipinski definition) is 2. The van der Waals surface area contributed by atoms with Gasteiger partial charge in [0.25, 0.3) is 0 Å². The van der Waals surface area contributed by atoms with Crippen LogP contribution in [-0.4, -0.2) is 4.98 Å². The van der Waals surface area contributed by atoms with Gasteiger partial charge in [-0.3, -0.25) is 4.98 Å². The van der Waals surface area contributed by atoms with E-state index >= 15 is 0 Å². The molecule has 1 N–H and O–H groups in total. The van der Waals surface area contributed by atoms with Crippen LogP contribution in [-0.2, 0) is 6.54 Å². The SMILES string of the molecule is Cc1ccc(NCc2ccc(C)c(Cl)c2)c(C)n1. The maximum atomic E-state index is 6.11. The van der Waals surface area contributed by atoms with Crippen molar-refractivity contribution in [2.24, 2.45) is 0 Å². The average molecular weight is 261 g/mol. The van der Waals surface area contributed by atoms with Crippen molar-refractivity contribution in [1.82, 2.24) is 4.98 Å². The number of aryl methyl sites for hydroxylation is 3. The average Bonchev–Trinajstić information content (AvgIpc) is 2.32. The minimum absolute atomic E-state index is 0.756. The van der Waals surface area contributed by atoms with Gasteiger partial charge in [0.1, 0.15) is 0 Å². The molecule has 0 fully saturated rings. The lowest BCUT2D eigenvalue weighted by Gasteiger charge is -2.10. The molecular formula is C15H17ClN2. The molecule has 0 amide bonds. The second kappa shape index (κ2) is 5.40. The predicted molar refractivity (Wildman–Crippen MR) is 77.2 cm³/mol. The van der Waals surface area contributed by atoms with Crippen LogP contribution in [0.2, 0.25) is 5.02 Å². The fourth-order valence-electron chi connectivity index (χ4n) is 1.82. The monoisotopic (exact) mass is 260 g/mol. The van der Waals surface area contributed by atoms with E-state index in [-0.39, 0.29) is 0 Å². The first-order valence-corrected chi connectivity index (χ1v) is 6.37. The molecule has 0 spiro atoms. The molecule has 2 nitrogen and oxygen atoms in total. The van der Waals surface area contributed by atoms with Gasteiger partial charge < -0.3 is 5.32 Å². The van der Waals surface area contributed by atoms with Crippen LogP contribution >= 0.6 is 11.6 Å². The highest BCUT2D eigenvalue weighted by atomic mass is 35.5. The van der Waals surface area contributed by atoms with Crippen molar-refractivity contribution in [3.8, 4) is 0 Å². The molecule has 0 atom stereocenters. The number of hydrogen-bond donors (Lipinski definition) is 1. The highest BCUT2D eigenvalue weighted by Gasteiger charge is 2.01. The largest absolute Gasteiger partial charge is 0.380 e. The highest BCUT2D eigenvalue weighted by Crippen LogP contribution is 2.18. The van der Waals surface area contributed by atoms with Crippen LogP contribution in [0.15, 0.2) is 30.3 Å². The molecule has 0 aliphatic heterocycles. The van der Waals surface area contributed by atoms with E-state index in [0.29, 0.717) is 0 Å². The maximum Gasteiger partial charge on any atom is 0.0606 e. The van der Waals surface area contributed by atoms with Gasteiger partial charge in [-0.05, 0) is 50.1 Å². The molecule has 0 saturated heterocycles. The van der Waals surface area contributed by atoms with Crippen LogP contribution < -0.4 is 5.32 Å². The standard InChI is InChI=1S/C15H17ClN2/c1-10-4-6-13(8-14(10)16)9-17-15-7-5-11(2)18-12(15)3/h4-8,17H,9H2,1-3H3. The molecule has 0 bridgehead atoms. The third-order valence-electron chi connectivity index (χ3n) is 2.94. The van der Waals surface area contributed by atoms with Crippen LogP contribution in [0.4, 0.5) is 5.69 Å². The Bertz CT molecular complexity index is 564. The van der Waals surface area contributed by atoms with E-state index in [0.717, 1.165) is 34.2 Å². The molecule has 18 heavy (non-hydrogen) atoms. The van der Waals surface area contributed by atoms with Crippen LogP contribution in [0.25, 0.3) is 0 Å². The highest BCUT2D eigenvalue weighted by molar-refractivity contribution is 6.31. The van der Waals surface area contributed by atoms with E-state index < -0.39 is 0 Å². The van der Waals surface area contributed by atoms with Gasteiger partial charge >= 0.3 is 0 Å². The van der Waals surface area contributed by atoms with Crippen LogP contribution in [0.3, 0.4) is 0 Å². The Hall–Kier alpha value is -1.54. The Balaban J connectivity index is 2.09. The van der Waals surface area contributed by atoms with Crippen molar-refractivity contribution in [3.05, 3.63) is 57.9 Å². The summed E-state index contributed by atoms with van der Waals surface area (Å²) >= 11 is 6.11. The minimum Gasteiger partial charge on any atom is -0.380 e. The van der Waals surface area contributed by atoms with Crippen molar-refractivity contribution in [2.75, 3.05) is 5.32 Å². The molecule has 94 valence electrons. The lowest BCUT2D eigenvalue weighted by atomic mass is 10.1. The topological polar surface area (TPSA) is 24.9 Å². The first-order valence-electron chi connectivity index (χ1n) is 5.99. The van der Waals surface area contributed by atoms with Gasteiger partial charge in [0, 0.05) is 17.3 Å². The Morgan fingerprint density at radius 1 is 1.11 bits per heavy atom. The van der Waals surface area contributed by atoms with Gasteiger partial charge in [-0.15, -0.1) is 0 Å². The third kappa shape index (κ3) is 3.02. The smallest absolute Gasteiger partial charge is 0.0606 e. The molecule has 0 aliphatic carbocycles. The quantitative estimate of drug-likeness (QED) is 0.891. The van der Waals surface area contributed by atoms with Gasteiger partial charge in [-0.25, -0.2) is 0 Å². The normalized spacial score (nSPS) is 10.4. The molecule has 1 heterocycles. The molecule has 0 aliphatic rings. The molecule has 0 saturated carbocycles. The molecule has 2 aromatic rings. The molecular weight excluding hydrogens is 244 g/mol. The Kier molecular flexibility index (Phi) is 3.87. The second-order valence-electron chi connectivity index (χ2n) is 4.52. The Morgan fingerprint density at radius 3 is 2.56 bits per heavy atom. The third-order valence-corrected chi connectivity index (χ3v) is 3.35. The zero-order chi connectivity index (χ0) is 13.1. The summed E-state index contributed by atoms with van der Waals surface area (Å²) in [4.78, 5) is 4.43. The summed E-state index contributed by atoms with van der Waals surface area (Å²) in [6.45, 7) is 6.77. The number of halogens is 1. The molecule has 1 aromatic heterocycles. The van der Waals surface area contributed by atoms with Gasteiger partial charge in [0.15, 0.2) is 0 Å². The van der Waals surface area contributed by atoms with E-state index in [4.69, 9.17) is 11.6 Å². The van der Waals surface area contributed by atoms with Crippen molar-refractivity contribution in [2.45, 2.75) is 27.3 Å². The van der Waals surface area contributed by atoms with Crippen LogP contribution in [0, 0.1) is 20.8 Å². The van der Waals surface area contributed by atoms with Gasteiger partial charge in [0.05, 0.1) is 11.4 Å². The zero-order valence-electron chi connectivity index (χ0n) is 10.9. The van der Waals surface area contributed by atoms with Crippen molar-refractivity contribution in [1.29, 1.82) is 0 Å². The number of nitrogens with zero attached hydrogens (tertiary/aromatic N) is 1. The number of anilines is 1. The molecule has 2 rings (SSSR count). The van der Waals surface area contributed by atoms with Crippen molar-refractivity contribution >= 4 is 17.3 Å². The predicted octanol–water partition coefficient (Wildman–Crippen LogP) is 4.27. The van der Waals surface area contributed by atoms with Gasteiger partial charge in [0.2, 0.25) is 0 Å². The number of rotatable bonds is 3. The lowest BCUT2D eigenvalue weighted by molar-refractivity contribution is 1.08. The fraction of sp³-hybridized carbons (Fsp3) is 0.267. The molecule has 0 radical (unpaired) electrons.